The molecule has 0 aromatic carbocycles. The van der Waals surface area contributed by atoms with Crippen molar-refractivity contribution >= 4 is 6.09 Å². The summed E-state index contributed by atoms with van der Waals surface area (Å²) in [4.78, 5) is 11.1. The van der Waals surface area contributed by atoms with Crippen LogP contribution in [0.4, 0.5) is 4.79 Å². The average Bonchev–Trinajstić information content (AvgIpc) is 2.11. The number of amides is 1. The van der Waals surface area contributed by atoms with Crippen molar-refractivity contribution in [2.24, 2.45) is 0 Å². The smallest absolute Gasteiger partial charge is 0.407 e. The van der Waals surface area contributed by atoms with Crippen LogP contribution in [0, 0.1) is 0 Å². The lowest BCUT2D eigenvalue weighted by molar-refractivity contribution is 0.154. The lowest BCUT2D eigenvalue weighted by atomic mass is 10.2. The van der Waals surface area contributed by atoms with E-state index in [2.05, 4.69) is 18.5 Å². The Morgan fingerprint density at radius 2 is 2.14 bits per heavy atom. The van der Waals surface area contributed by atoms with Gasteiger partial charge in [0.25, 0.3) is 0 Å². The summed E-state index contributed by atoms with van der Waals surface area (Å²) in [6, 6.07) is 0.0815. The van der Waals surface area contributed by atoms with Crippen molar-refractivity contribution in [3.05, 3.63) is 37.0 Å². The maximum atomic E-state index is 11.1. The fraction of sp³-hybridized carbons (Fsp3) is 0.364. The molecule has 3 heteroatoms. The Balaban J connectivity index is 3.91. The molecule has 0 aliphatic heterocycles. The summed E-state index contributed by atoms with van der Waals surface area (Å²) in [5, 5.41) is 2.62. The Labute approximate surface area is 85.1 Å². The molecule has 0 heterocycles. The molecule has 0 aliphatic rings. The van der Waals surface area contributed by atoms with Crippen molar-refractivity contribution in [3.8, 4) is 0 Å². The average molecular weight is 195 g/mol. The molecule has 0 aromatic rings. The first-order valence-electron chi connectivity index (χ1n) is 4.47. The van der Waals surface area contributed by atoms with Crippen LogP contribution in [0.25, 0.3) is 0 Å². The first-order valence-corrected chi connectivity index (χ1v) is 4.47. The minimum Gasteiger partial charge on any atom is -0.445 e. The van der Waals surface area contributed by atoms with Gasteiger partial charge in [-0.2, -0.15) is 0 Å². The molecule has 0 atom stereocenters. The van der Waals surface area contributed by atoms with Crippen LogP contribution in [0.5, 0.6) is 0 Å². The highest BCUT2D eigenvalue weighted by Crippen LogP contribution is 1.97. The molecular formula is C11H17NO2. The van der Waals surface area contributed by atoms with Crippen LogP contribution in [0.15, 0.2) is 37.0 Å². The van der Waals surface area contributed by atoms with Gasteiger partial charge in [-0.15, -0.1) is 0 Å². The minimum atomic E-state index is -0.420. The molecule has 0 spiro atoms. The van der Waals surface area contributed by atoms with Crippen LogP contribution in [0.3, 0.4) is 0 Å². The van der Waals surface area contributed by atoms with Gasteiger partial charge in [0.1, 0.15) is 6.61 Å². The number of allylic oxidation sites excluding steroid dienone is 2. The van der Waals surface area contributed by atoms with E-state index in [1.165, 1.54) is 0 Å². The number of hydrogen-bond donors (Lipinski definition) is 1. The van der Waals surface area contributed by atoms with E-state index in [1.54, 1.807) is 18.2 Å². The van der Waals surface area contributed by atoms with Crippen molar-refractivity contribution in [1.29, 1.82) is 0 Å². The second kappa shape index (κ2) is 6.95. The highest BCUT2D eigenvalue weighted by Gasteiger charge is 2.03. The molecule has 3 nitrogen and oxygen atoms in total. The predicted octanol–water partition coefficient (Wildman–Crippen LogP) is 2.42. The summed E-state index contributed by atoms with van der Waals surface area (Å²) < 4.78 is 4.92. The number of rotatable bonds is 5. The number of carbonyl (C=O) groups excluding carboxylic acids is 1. The van der Waals surface area contributed by atoms with Gasteiger partial charge in [-0.25, -0.2) is 4.79 Å². The van der Waals surface area contributed by atoms with Crippen molar-refractivity contribution in [3.63, 3.8) is 0 Å². The summed E-state index contributed by atoms with van der Waals surface area (Å²) in [6.45, 7) is 11.1. The molecule has 78 valence electrons. The van der Waals surface area contributed by atoms with E-state index < -0.39 is 6.09 Å². The molecule has 14 heavy (non-hydrogen) atoms. The van der Waals surface area contributed by atoms with E-state index >= 15 is 0 Å². The second-order valence-electron chi connectivity index (χ2n) is 3.06. The van der Waals surface area contributed by atoms with Crippen molar-refractivity contribution in [2.45, 2.75) is 19.9 Å². The molecule has 0 bridgehead atoms. The molecule has 0 saturated heterocycles. The molecule has 0 fully saturated rings. The Bertz CT molecular complexity index is 242. The van der Waals surface area contributed by atoms with Gasteiger partial charge in [0.05, 0.1) is 0 Å². The van der Waals surface area contributed by atoms with E-state index in [4.69, 9.17) is 4.74 Å². The maximum absolute atomic E-state index is 11.1. The topological polar surface area (TPSA) is 38.3 Å². The standard InChI is InChI=1S/C11H17NO2/c1-5-7-10(6-2)8-14-11(13)12-9(3)4/h5-7,9H,1-2,8H2,3-4H3,(H,12,13). The summed E-state index contributed by atoms with van der Waals surface area (Å²) in [6.07, 6.45) is 4.58. The second-order valence-corrected chi connectivity index (χ2v) is 3.06. The predicted molar refractivity (Wildman–Crippen MR) is 58.1 cm³/mol. The minimum absolute atomic E-state index is 0.0815. The fourth-order valence-corrected chi connectivity index (χ4v) is 0.753. The van der Waals surface area contributed by atoms with Crippen LogP contribution >= 0.6 is 0 Å². The summed E-state index contributed by atoms with van der Waals surface area (Å²) >= 11 is 0. The Morgan fingerprint density at radius 3 is 2.57 bits per heavy atom. The molecule has 0 saturated carbocycles. The summed E-state index contributed by atoms with van der Waals surface area (Å²) in [7, 11) is 0. The first kappa shape index (κ1) is 12.5. The van der Waals surface area contributed by atoms with E-state index in [1.807, 2.05) is 13.8 Å². The molecule has 0 unspecified atom stereocenters. The van der Waals surface area contributed by atoms with Crippen LogP contribution < -0.4 is 5.32 Å². The van der Waals surface area contributed by atoms with Crippen molar-refractivity contribution in [2.75, 3.05) is 6.61 Å². The van der Waals surface area contributed by atoms with Crippen molar-refractivity contribution < 1.29 is 9.53 Å². The lowest BCUT2D eigenvalue weighted by Crippen LogP contribution is -2.31. The SMILES string of the molecule is C=CC=C(C=C)COC(=O)NC(C)C. The monoisotopic (exact) mass is 195 g/mol. The molecule has 1 N–H and O–H groups in total. The van der Waals surface area contributed by atoms with E-state index in [0.717, 1.165) is 5.57 Å². The first-order chi connectivity index (χ1) is 6.60. The third kappa shape index (κ3) is 6.06. The number of hydrogen-bond acceptors (Lipinski definition) is 2. The zero-order valence-corrected chi connectivity index (χ0v) is 8.75. The quantitative estimate of drug-likeness (QED) is 0.684. The van der Waals surface area contributed by atoms with Gasteiger partial charge in [-0.05, 0) is 19.4 Å². The van der Waals surface area contributed by atoms with Crippen LogP contribution in [-0.4, -0.2) is 18.7 Å². The highest BCUT2D eigenvalue weighted by molar-refractivity contribution is 5.67. The molecule has 0 aromatic heterocycles. The van der Waals surface area contributed by atoms with Gasteiger partial charge in [0.2, 0.25) is 0 Å². The maximum Gasteiger partial charge on any atom is 0.407 e. The largest absolute Gasteiger partial charge is 0.445 e. The van der Waals surface area contributed by atoms with Gasteiger partial charge in [0, 0.05) is 6.04 Å². The third-order valence-electron chi connectivity index (χ3n) is 1.37. The number of carbonyl (C=O) groups is 1. The highest BCUT2D eigenvalue weighted by atomic mass is 16.5. The zero-order chi connectivity index (χ0) is 11.0. The van der Waals surface area contributed by atoms with Gasteiger partial charge in [0.15, 0.2) is 0 Å². The zero-order valence-electron chi connectivity index (χ0n) is 8.75. The van der Waals surface area contributed by atoms with E-state index in [0.29, 0.717) is 0 Å². The van der Waals surface area contributed by atoms with Crippen LogP contribution in [0.2, 0.25) is 0 Å². The molecular weight excluding hydrogens is 178 g/mol. The van der Waals surface area contributed by atoms with Crippen LogP contribution in [0.1, 0.15) is 13.8 Å². The Morgan fingerprint density at radius 1 is 1.50 bits per heavy atom. The lowest BCUT2D eigenvalue weighted by Gasteiger charge is -2.09. The van der Waals surface area contributed by atoms with Gasteiger partial charge in [-0.1, -0.05) is 31.4 Å². The van der Waals surface area contributed by atoms with Crippen molar-refractivity contribution in [1.82, 2.24) is 5.32 Å². The number of ether oxygens (including phenoxy) is 1. The number of alkyl carbamates (subject to hydrolysis) is 1. The fourth-order valence-electron chi connectivity index (χ4n) is 0.753. The van der Waals surface area contributed by atoms with Crippen LogP contribution in [-0.2, 0) is 4.74 Å². The molecule has 0 radical (unpaired) electrons. The molecule has 0 rings (SSSR count). The van der Waals surface area contributed by atoms with E-state index in [9.17, 15) is 4.79 Å². The number of nitrogens with one attached hydrogen (secondary N) is 1. The Kier molecular flexibility index (Phi) is 6.20. The third-order valence-corrected chi connectivity index (χ3v) is 1.37. The summed E-state index contributed by atoms with van der Waals surface area (Å²) in [5.74, 6) is 0. The van der Waals surface area contributed by atoms with Gasteiger partial charge >= 0.3 is 6.09 Å². The Hall–Kier alpha value is -1.51. The normalized spacial score (nSPS) is 10.9. The molecule has 0 aliphatic carbocycles. The summed E-state index contributed by atoms with van der Waals surface area (Å²) in [5.41, 5.74) is 0.818. The molecule has 1 amide bonds. The van der Waals surface area contributed by atoms with Gasteiger partial charge < -0.3 is 10.1 Å². The van der Waals surface area contributed by atoms with Gasteiger partial charge in [-0.3, -0.25) is 0 Å². The van der Waals surface area contributed by atoms with E-state index in [-0.39, 0.29) is 12.6 Å².